The molecule has 0 spiro atoms. The summed E-state index contributed by atoms with van der Waals surface area (Å²) in [6, 6.07) is 5.76. The first kappa shape index (κ1) is 26.6. The van der Waals surface area contributed by atoms with Gasteiger partial charge in [-0.3, -0.25) is 9.59 Å². The minimum absolute atomic E-state index is 0.0551. The maximum atomic E-state index is 12.9. The van der Waals surface area contributed by atoms with E-state index in [9.17, 15) is 18.0 Å². The Kier molecular flexibility index (Phi) is 10.2. The van der Waals surface area contributed by atoms with Crippen molar-refractivity contribution in [3.8, 4) is 0 Å². The predicted octanol–water partition coefficient (Wildman–Crippen LogP) is 3.95. The van der Waals surface area contributed by atoms with Gasteiger partial charge in [0, 0.05) is 37.9 Å². The van der Waals surface area contributed by atoms with E-state index in [1.165, 1.54) is 24.3 Å². The highest BCUT2D eigenvalue weighted by molar-refractivity contribution is 7.90. The van der Waals surface area contributed by atoms with Gasteiger partial charge in [-0.05, 0) is 43.0 Å². The molecule has 1 aliphatic heterocycles. The Bertz CT molecular complexity index is 958. The zero-order valence-corrected chi connectivity index (χ0v) is 21.0. The molecular formula is C25H37N3O4S. The Morgan fingerprint density at radius 1 is 1.06 bits per heavy atom. The second kappa shape index (κ2) is 12.6. The maximum Gasteiger partial charge on any atom is 0.266 e. The lowest BCUT2D eigenvalue weighted by Gasteiger charge is -2.24. The number of nitrogens with zero attached hydrogens (tertiary/aromatic N) is 2. The van der Waals surface area contributed by atoms with Gasteiger partial charge in [-0.15, -0.1) is 0 Å². The molecule has 1 aromatic rings. The average Bonchev–Trinajstić information content (AvgIpc) is 2.78. The molecule has 2 amide bonds. The van der Waals surface area contributed by atoms with Crippen molar-refractivity contribution in [1.29, 1.82) is 0 Å². The molecule has 0 aliphatic carbocycles. The third kappa shape index (κ3) is 8.03. The van der Waals surface area contributed by atoms with Gasteiger partial charge in [0.2, 0.25) is 0 Å². The molecule has 182 valence electrons. The lowest BCUT2D eigenvalue weighted by molar-refractivity contribution is -0.115. The van der Waals surface area contributed by atoms with Crippen LogP contribution in [0.3, 0.4) is 0 Å². The number of nitrogens with one attached hydrogen (secondary N) is 1. The fourth-order valence-electron chi connectivity index (χ4n) is 3.55. The number of rotatable bonds is 12. The Balaban J connectivity index is 2.10. The molecule has 0 fully saturated rings. The molecule has 0 radical (unpaired) electrons. The molecule has 0 saturated heterocycles. The summed E-state index contributed by atoms with van der Waals surface area (Å²) < 4.78 is 27.6. The van der Waals surface area contributed by atoms with Crippen LogP contribution in [0.15, 0.2) is 53.1 Å². The fraction of sp³-hybridized carbons (Fsp3) is 0.520. The van der Waals surface area contributed by atoms with Crippen LogP contribution in [0.1, 0.15) is 63.7 Å². The van der Waals surface area contributed by atoms with Gasteiger partial charge >= 0.3 is 0 Å². The highest BCUT2D eigenvalue weighted by atomic mass is 32.2. The van der Waals surface area contributed by atoms with E-state index in [2.05, 4.69) is 32.4 Å². The SMILES string of the molecule is CCCCN(CCCC)C(=O)c1ccc(S(=O)(=O)NC(=O)C2=CN(CC(C)C)CC=C2)cc1. The van der Waals surface area contributed by atoms with Crippen LogP contribution in [-0.2, 0) is 14.8 Å². The standard InChI is InChI=1S/C25H37N3O4S/c1-5-7-16-28(17-8-6-2)25(30)21-11-13-23(14-12-21)33(31,32)26-24(29)22-10-9-15-27(19-22)18-20(3)4/h9-14,19-20H,5-8,15-18H2,1-4H3,(H,26,29). The summed E-state index contributed by atoms with van der Waals surface area (Å²) in [5.41, 5.74) is 0.731. The van der Waals surface area contributed by atoms with E-state index in [1.54, 1.807) is 12.3 Å². The van der Waals surface area contributed by atoms with Gasteiger partial charge in [0.1, 0.15) is 0 Å². The molecule has 1 N–H and O–H groups in total. The van der Waals surface area contributed by atoms with E-state index < -0.39 is 15.9 Å². The van der Waals surface area contributed by atoms with Gasteiger partial charge in [0.15, 0.2) is 0 Å². The third-order valence-electron chi connectivity index (χ3n) is 5.31. The predicted molar refractivity (Wildman–Crippen MR) is 131 cm³/mol. The molecular weight excluding hydrogens is 438 g/mol. The molecule has 1 heterocycles. The number of carbonyl (C=O) groups is 2. The first-order valence-corrected chi connectivity index (χ1v) is 13.2. The molecule has 2 rings (SSSR count). The Morgan fingerprint density at radius 3 is 2.21 bits per heavy atom. The second-order valence-electron chi connectivity index (χ2n) is 8.79. The molecule has 0 atom stereocenters. The van der Waals surface area contributed by atoms with Crippen LogP contribution in [0.4, 0.5) is 0 Å². The first-order chi connectivity index (χ1) is 15.7. The summed E-state index contributed by atoms with van der Waals surface area (Å²) in [5.74, 6) is -0.361. The summed E-state index contributed by atoms with van der Waals surface area (Å²) in [5, 5.41) is 0. The maximum absolute atomic E-state index is 12.9. The first-order valence-electron chi connectivity index (χ1n) is 11.8. The minimum Gasteiger partial charge on any atom is -0.373 e. The summed E-state index contributed by atoms with van der Waals surface area (Å²) >= 11 is 0. The normalized spacial score (nSPS) is 13.7. The van der Waals surface area contributed by atoms with Crippen molar-refractivity contribution in [2.75, 3.05) is 26.2 Å². The van der Waals surface area contributed by atoms with Crippen molar-refractivity contribution in [2.45, 2.75) is 58.3 Å². The Hall–Kier alpha value is -2.61. The number of benzene rings is 1. The van der Waals surface area contributed by atoms with Gasteiger partial charge < -0.3 is 9.80 Å². The van der Waals surface area contributed by atoms with Crippen molar-refractivity contribution >= 4 is 21.8 Å². The number of amides is 2. The van der Waals surface area contributed by atoms with Gasteiger partial charge in [0.25, 0.3) is 21.8 Å². The van der Waals surface area contributed by atoms with Gasteiger partial charge in [0.05, 0.1) is 10.5 Å². The Morgan fingerprint density at radius 2 is 1.67 bits per heavy atom. The van der Waals surface area contributed by atoms with Crippen LogP contribution in [0.5, 0.6) is 0 Å². The van der Waals surface area contributed by atoms with E-state index in [0.717, 1.165) is 32.2 Å². The topological polar surface area (TPSA) is 86.8 Å². The Labute approximate surface area is 198 Å². The summed E-state index contributed by atoms with van der Waals surface area (Å²) in [6.45, 7) is 11.1. The van der Waals surface area contributed by atoms with E-state index in [4.69, 9.17) is 0 Å². The van der Waals surface area contributed by atoms with E-state index in [-0.39, 0.29) is 10.8 Å². The molecule has 33 heavy (non-hydrogen) atoms. The van der Waals surface area contributed by atoms with E-state index in [0.29, 0.717) is 36.7 Å². The molecule has 0 bridgehead atoms. The number of carbonyl (C=O) groups excluding carboxylic acids is 2. The van der Waals surface area contributed by atoms with Crippen molar-refractivity contribution in [2.24, 2.45) is 5.92 Å². The largest absolute Gasteiger partial charge is 0.373 e. The van der Waals surface area contributed by atoms with Crippen LogP contribution >= 0.6 is 0 Å². The zero-order chi connectivity index (χ0) is 24.4. The highest BCUT2D eigenvalue weighted by Crippen LogP contribution is 2.15. The van der Waals surface area contributed by atoms with Crippen LogP contribution in [-0.4, -0.2) is 56.2 Å². The summed E-state index contributed by atoms with van der Waals surface area (Å²) in [6.07, 6.45) is 8.99. The zero-order valence-electron chi connectivity index (χ0n) is 20.2. The average molecular weight is 476 g/mol. The quantitative estimate of drug-likeness (QED) is 0.495. The lowest BCUT2D eigenvalue weighted by Crippen LogP contribution is -2.34. The smallest absolute Gasteiger partial charge is 0.266 e. The van der Waals surface area contributed by atoms with Gasteiger partial charge in [-0.2, -0.15) is 0 Å². The molecule has 0 saturated carbocycles. The molecule has 7 nitrogen and oxygen atoms in total. The highest BCUT2D eigenvalue weighted by Gasteiger charge is 2.22. The molecule has 1 aliphatic rings. The van der Waals surface area contributed by atoms with Crippen molar-refractivity contribution in [1.82, 2.24) is 14.5 Å². The molecule has 0 aromatic heterocycles. The third-order valence-corrected chi connectivity index (χ3v) is 6.66. The van der Waals surface area contributed by atoms with E-state index in [1.807, 2.05) is 15.9 Å². The van der Waals surface area contributed by atoms with Gasteiger partial charge in [-0.1, -0.05) is 52.7 Å². The van der Waals surface area contributed by atoms with Gasteiger partial charge in [-0.25, -0.2) is 13.1 Å². The van der Waals surface area contributed by atoms with Crippen LogP contribution < -0.4 is 4.72 Å². The van der Waals surface area contributed by atoms with Crippen molar-refractivity contribution in [3.63, 3.8) is 0 Å². The molecule has 8 heteroatoms. The van der Waals surface area contributed by atoms with Crippen LogP contribution in [0, 0.1) is 5.92 Å². The lowest BCUT2D eigenvalue weighted by atomic mass is 10.1. The van der Waals surface area contributed by atoms with Crippen molar-refractivity contribution < 1.29 is 18.0 Å². The monoisotopic (exact) mass is 475 g/mol. The minimum atomic E-state index is -4.06. The summed E-state index contributed by atoms with van der Waals surface area (Å²) in [7, 11) is -4.06. The number of sulfonamides is 1. The second-order valence-corrected chi connectivity index (χ2v) is 10.5. The number of hydrogen-bond acceptors (Lipinski definition) is 5. The fourth-order valence-corrected chi connectivity index (χ4v) is 4.52. The number of unbranched alkanes of at least 4 members (excludes halogenated alkanes) is 2. The molecule has 0 unspecified atom stereocenters. The molecule has 1 aromatic carbocycles. The van der Waals surface area contributed by atoms with Crippen LogP contribution in [0.25, 0.3) is 0 Å². The van der Waals surface area contributed by atoms with Crippen LogP contribution in [0.2, 0.25) is 0 Å². The van der Waals surface area contributed by atoms with Crippen molar-refractivity contribution in [3.05, 3.63) is 53.8 Å². The summed E-state index contributed by atoms with van der Waals surface area (Å²) in [4.78, 5) is 29.2. The number of hydrogen-bond donors (Lipinski definition) is 1. The van der Waals surface area contributed by atoms with E-state index >= 15 is 0 Å².